The van der Waals surface area contributed by atoms with Gasteiger partial charge in [-0.3, -0.25) is 0 Å². The van der Waals surface area contributed by atoms with E-state index in [0.29, 0.717) is 5.56 Å². The fourth-order valence-electron chi connectivity index (χ4n) is 2.61. The summed E-state index contributed by atoms with van der Waals surface area (Å²) in [4.78, 5) is 0. The van der Waals surface area contributed by atoms with Gasteiger partial charge in [-0.15, -0.1) is 0 Å². The normalized spacial score (nSPS) is 19.4. The van der Waals surface area contributed by atoms with E-state index in [1.54, 1.807) is 0 Å². The molecule has 0 bridgehead atoms. The average molecular weight is 287 g/mol. The van der Waals surface area contributed by atoms with Crippen LogP contribution in [0.25, 0.3) is 0 Å². The van der Waals surface area contributed by atoms with Gasteiger partial charge in [0.2, 0.25) is 0 Å². The highest BCUT2D eigenvalue weighted by Gasteiger charge is 2.35. The number of aliphatic hydroxyl groups is 1. The summed E-state index contributed by atoms with van der Waals surface area (Å²) in [6.07, 6.45) is -1.01. The summed E-state index contributed by atoms with van der Waals surface area (Å²) >= 11 is 0. The highest BCUT2D eigenvalue weighted by atomic mass is 19.4. The van der Waals surface area contributed by atoms with E-state index in [1.807, 2.05) is 0 Å². The molecule has 1 fully saturated rings. The van der Waals surface area contributed by atoms with E-state index < -0.39 is 17.8 Å². The summed E-state index contributed by atoms with van der Waals surface area (Å²) in [5, 5.41) is 13.4. The van der Waals surface area contributed by atoms with Gasteiger partial charge < -0.3 is 10.4 Å². The molecule has 0 radical (unpaired) electrons. The van der Waals surface area contributed by atoms with Crippen LogP contribution in [0, 0.1) is 0 Å². The van der Waals surface area contributed by atoms with Crippen LogP contribution in [0.15, 0.2) is 24.3 Å². The number of β-amino-alcohol motifs (C(OH)–C–C–N with tert-alkyl or cyclic N) is 1. The number of aliphatic hydroxyl groups excluding tert-OH is 1. The van der Waals surface area contributed by atoms with E-state index in [1.165, 1.54) is 18.6 Å². The molecule has 0 saturated heterocycles. The summed E-state index contributed by atoms with van der Waals surface area (Å²) in [6, 6.07) is 4.90. The van der Waals surface area contributed by atoms with Gasteiger partial charge in [-0.2, -0.15) is 13.2 Å². The molecular formula is C15H20F3NO. The van der Waals surface area contributed by atoms with Gasteiger partial charge in [0.05, 0.1) is 11.7 Å². The van der Waals surface area contributed by atoms with Crippen LogP contribution in [0.4, 0.5) is 13.2 Å². The third-order valence-corrected chi connectivity index (χ3v) is 4.26. The maximum absolute atomic E-state index is 12.6. The van der Waals surface area contributed by atoms with E-state index in [-0.39, 0.29) is 12.1 Å². The first-order valence-electron chi connectivity index (χ1n) is 6.96. The molecule has 1 aromatic carbocycles. The van der Waals surface area contributed by atoms with Crippen LogP contribution < -0.4 is 5.32 Å². The summed E-state index contributed by atoms with van der Waals surface area (Å²) < 4.78 is 37.9. The number of benzene rings is 1. The van der Waals surface area contributed by atoms with E-state index in [2.05, 4.69) is 12.2 Å². The highest BCUT2D eigenvalue weighted by Crippen LogP contribution is 2.35. The zero-order chi connectivity index (χ0) is 14.8. The number of hydrogen-bond donors (Lipinski definition) is 2. The smallest absolute Gasteiger partial charge is 0.387 e. The molecule has 112 valence electrons. The van der Waals surface area contributed by atoms with Gasteiger partial charge in [0.25, 0.3) is 0 Å². The number of nitrogens with one attached hydrogen (secondary N) is 1. The fourth-order valence-corrected chi connectivity index (χ4v) is 2.61. The van der Waals surface area contributed by atoms with Gasteiger partial charge in [0, 0.05) is 12.1 Å². The lowest BCUT2D eigenvalue weighted by Crippen LogP contribution is -2.51. The molecule has 0 aliphatic heterocycles. The average Bonchev–Trinajstić information content (AvgIpc) is 2.37. The Balaban J connectivity index is 2.00. The van der Waals surface area contributed by atoms with Crippen molar-refractivity contribution < 1.29 is 18.3 Å². The molecule has 2 nitrogen and oxygen atoms in total. The number of halogens is 3. The van der Waals surface area contributed by atoms with Crippen LogP contribution in [-0.4, -0.2) is 17.2 Å². The van der Waals surface area contributed by atoms with Crippen molar-refractivity contribution in [2.24, 2.45) is 0 Å². The molecule has 2 N–H and O–H groups in total. The molecule has 1 aliphatic carbocycles. The molecule has 1 aromatic rings. The second kappa shape index (κ2) is 5.74. The quantitative estimate of drug-likeness (QED) is 0.866. The second-order valence-electron chi connectivity index (χ2n) is 5.51. The van der Waals surface area contributed by atoms with Crippen molar-refractivity contribution in [3.05, 3.63) is 35.4 Å². The van der Waals surface area contributed by atoms with Crippen molar-refractivity contribution >= 4 is 0 Å². The van der Waals surface area contributed by atoms with Crippen molar-refractivity contribution in [2.75, 3.05) is 6.54 Å². The monoisotopic (exact) mass is 287 g/mol. The minimum absolute atomic E-state index is 0.0720. The van der Waals surface area contributed by atoms with Crippen LogP contribution in [-0.2, 0) is 6.18 Å². The Morgan fingerprint density at radius 2 is 2.05 bits per heavy atom. The second-order valence-corrected chi connectivity index (χ2v) is 5.51. The Bertz CT molecular complexity index is 449. The van der Waals surface area contributed by atoms with Gasteiger partial charge in [-0.25, -0.2) is 0 Å². The molecule has 0 aromatic heterocycles. The Hall–Kier alpha value is -1.07. The van der Waals surface area contributed by atoms with Crippen LogP contribution in [0.2, 0.25) is 0 Å². The van der Waals surface area contributed by atoms with E-state index in [0.717, 1.165) is 31.4 Å². The molecular weight excluding hydrogens is 267 g/mol. The number of alkyl halides is 3. The lowest BCUT2D eigenvalue weighted by Gasteiger charge is -2.42. The summed E-state index contributed by atoms with van der Waals surface area (Å²) in [7, 11) is 0. The molecule has 1 unspecified atom stereocenters. The lowest BCUT2D eigenvalue weighted by molar-refractivity contribution is -0.137. The van der Waals surface area contributed by atoms with Gasteiger partial charge in [-0.1, -0.05) is 19.1 Å². The fraction of sp³-hybridized carbons (Fsp3) is 0.600. The Kier molecular flexibility index (Phi) is 4.39. The molecule has 1 saturated carbocycles. The molecule has 5 heteroatoms. The first-order chi connectivity index (χ1) is 9.36. The summed E-state index contributed by atoms with van der Waals surface area (Å²) in [5.41, 5.74) is -0.344. The van der Waals surface area contributed by atoms with Gasteiger partial charge in [0.15, 0.2) is 0 Å². The molecule has 1 atom stereocenters. The molecule has 2 rings (SSSR count). The summed E-state index contributed by atoms with van der Waals surface area (Å²) in [6.45, 7) is 2.37. The molecule has 20 heavy (non-hydrogen) atoms. The Morgan fingerprint density at radius 3 is 2.55 bits per heavy atom. The predicted octanol–water partition coefficient (Wildman–Crippen LogP) is 3.66. The number of rotatable bonds is 5. The van der Waals surface area contributed by atoms with Crippen LogP contribution in [0.3, 0.4) is 0 Å². The van der Waals surface area contributed by atoms with Crippen molar-refractivity contribution in [2.45, 2.75) is 50.4 Å². The largest absolute Gasteiger partial charge is 0.416 e. The topological polar surface area (TPSA) is 32.3 Å². The molecule has 1 aliphatic rings. The minimum Gasteiger partial charge on any atom is -0.387 e. The SMILES string of the molecule is CCC1(NCC(O)c2cccc(C(F)(F)F)c2)CCC1. The van der Waals surface area contributed by atoms with Gasteiger partial charge in [-0.05, 0) is 43.4 Å². The summed E-state index contributed by atoms with van der Waals surface area (Å²) in [5.74, 6) is 0. The maximum atomic E-state index is 12.6. The third kappa shape index (κ3) is 3.33. The highest BCUT2D eigenvalue weighted by molar-refractivity contribution is 5.27. The van der Waals surface area contributed by atoms with Crippen molar-refractivity contribution in [1.82, 2.24) is 5.32 Å². The van der Waals surface area contributed by atoms with Crippen molar-refractivity contribution in [1.29, 1.82) is 0 Å². The third-order valence-electron chi connectivity index (χ3n) is 4.26. The van der Waals surface area contributed by atoms with E-state index in [4.69, 9.17) is 0 Å². The van der Waals surface area contributed by atoms with E-state index >= 15 is 0 Å². The zero-order valence-corrected chi connectivity index (χ0v) is 11.5. The molecule has 0 spiro atoms. The van der Waals surface area contributed by atoms with Gasteiger partial charge in [0.1, 0.15) is 0 Å². The Morgan fingerprint density at radius 1 is 1.35 bits per heavy atom. The predicted molar refractivity (Wildman–Crippen MR) is 71.3 cm³/mol. The van der Waals surface area contributed by atoms with E-state index in [9.17, 15) is 18.3 Å². The maximum Gasteiger partial charge on any atom is 0.416 e. The van der Waals surface area contributed by atoms with Crippen LogP contribution >= 0.6 is 0 Å². The van der Waals surface area contributed by atoms with Crippen molar-refractivity contribution in [3.63, 3.8) is 0 Å². The van der Waals surface area contributed by atoms with Crippen LogP contribution in [0.1, 0.15) is 49.8 Å². The van der Waals surface area contributed by atoms with Crippen LogP contribution in [0.5, 0.6) is 0 Å². The minimum atomic E-state index is -4.37. The first kappa shape index (κ1) is 15.3. The molecule has 0 amide bonds. The molecule has 0 heterocycles. The zero-order valence-electron chi connectivity index (χ0n) is 11.5. The lowest BCUT2D eigenvalue weighted by atomic mass is 9.75. The standard InChI is InChI=1S/C15H20F3NO/c1-2-14(7-4-8-14)19-10-13(20)11-5-3-6-12(9-11)15(16,17)18/h3,5-6,9,13,19-20H,2,4,7-8,10H2,1H3. The van der Waals surface area contributed by atoms with Crippen molar-refractivity contribution in [3.8, 4) is 0 Å². The van der Waals surface area contributed by atoms with Gasteiger partial charge >= 0.3 is 6.18 Å². The Labute approximate surface area is 117 Å². The number of hydrogen-bond acceptors (Lipinski definition) is 2. The first-order valence-corrected chi connectivity index (χ1v) is 6.96.